The van der Waals surface area contributed by atoms with Crippen LogP contribution >= 0.6 is 0 Å². The summed E-state index contributed by atoms with van der Waals surface area (Å²) in [5.41, 5.74) is 1.21. The summed E-state index contributed by atoms with van der Waals surface area (Å²) >= 11 is 0. The number of fused-ring (bicyclic) bond motifs is 1. The number of ether oxygens (including phenoxy) is 5. The topological polar surface area (TPSA) is 151 Å². The van der Waals surface area contributed by atoms with E-state index in [-0.39, 0.29) is 69.9 Å². The number of amides is 3. The molecule has 2 saturated heterocycles. The normalized spacial score (nSPS) is 20.8. The number of nitrogens with one attached hydrogen (secondary N) is 3. The van der Waals surface area contributed by atoms with Crippen LogP contribution in [0.5, 0.6) is 0 Å². The number of carbonyl (C=O) groups is 4. The van der Waals surface area contributed by atoms with E-state index in [0.29, 0.717) is 19.3 Å². The minimum Gasteiger partial charge on any atom is -0.464 e. The Balaban J connectivity index is 1.08. The van der Waals surface area contributed by atoms with Gasteiger partial charge in [0.1, 0.15) is 18.8 Å². The lowest BCUT2D eigenvalue weighted by Crippen LogP contribution is -2.54. The molecular weight excluding hydrogens is 784 g/mol. The largest absolute Gasteiger partial charge is 0.464 e. The van der Waals surface area contributed by atoms with Crippen molar-refractivity contribution < 1.29 is 56.0 Å². The second-order valence-corrected chi connectivity index (χ2v) is 15.0. The summed E-state index contributed by atoms with van der Waals surface area (Å²) in [7, 11) is 0. The molecule has 3 amide bonds. The summed E-state index contributed by atoms with van der Waals surface area (Å²) < 4.78 is 69.1. The zero-order chi connectivity index (χ0) is 42.5. The number of hydrogen-bond donors (Lipinski definition) is 3. The van der Waals surface area contributed by atoms with Gasteiger partial charge in [-0.2, -0.15) is 13.2 Å². The Bertz CT molecular complexity index is 2080. The van der Waals surface area contributed by atoms with Crippen LogP contribution in [0.4, 0.5) is 22.8 Å². The Hall–Kier alpha value is -5.67. The first-order valence-corrected chi connectivity index (χ1v) is 20.2. The van der Waals surface area contributed by atoms with E-state index in [4.69, 9.17) is 23.7 Å². The highest BCUT2D eigenvalue weighted by Gasteiger charge is 2.47. The van der Waals surface area contributed by atoms with E-state index < -0.39 is 60.0 Å². The van der Waals surface area contributed by atoms with E-state index in [1.807, 2.05) is 72.8 Å². The van der Waals surface area contributed by atoms with Gasteiger partial charge in [-0.15, -0.1) is 0 Å². The molecule has 3 N–H and O–H groups in total. The van der Waals surface area contributed by atoms with Gasteiger partial charge in [0.25, 0.3) is 0 Å². The van der Waals surface area contributed by atoms with Gasteiger partial charge >= 0.3 is 24.3 Å². The van der Waals surface area contributed by atoms with Crippen molar-refractivity contribution in [3.05, 3.63) is 119 Å². The van der Waals surface area contributed by atoms with Gasteiger partial charge in [-0.25, -0.2) is 14.4 Å². The maximum absolute atomic E-state index is 13.3. The highest BCUT2D eigenvalue weighted by atomic mass is 19.4. The van der Waals surface area contributed by atoms with Crippen LogP contribution in [0.15, 0.2) is 97.1 Å². The molecule has 0 saturated carbocycles. The fourth-order valence-electron chi connectivity index (χ4n) is 7.67. The van der Waals surface area contributed by atoms with Crippen LogP contribution < -0.4 is 16.0 Å². The van der Waals surface area contributed by atoms with Crippen molar-refractivity contribution in [3.63, 3.8) is 0 Å². The van der Waals surface area contributed by atoms with Gasteiger partial charge in [0.05, 0.1) is 24.4 Å². The second-order valence-electron chi connectivity index (χ2n) is 15.0. The predicted molar refractivity (Wildman–Crippen MR) is 214 cm³/mol. The van der Waals surface area contributed by atoms with Gasteiger partial charge in [-0.1, -0.05) is 84.9 Å². The Kier molecular flexibility index (Phi) is 15.0. The molecule has 4 aromatic carbocycles. The Morgan fingerprint density at radius 1 is 0.833 bits per heavy atom. The monoisotopic (exact) mass is 833 g/mol. The molecule has 0 unspecified atom stereocenters. The minimum absolute atomic E-state index is 0.00989. The lowest BCUT2D eigenvalue weighted by atomic mass is 9.90. The lowest BCUT2D eigenvalue weighted by molar-refractivity contribution is -0.329. The third-order valence-corrected chi connectivity index (χ3v) is 10.5. The summed E-state index contributed by atoms with van der Waals surface area (Å²) in [6.45, 7) is 1.74. The van der Waals surface area contributed by atoms with Crippen LogP contribution in [0.3, 0.4) is 0 Å². The van der Waals surface area contributed by atoms with E-state index in [1.165, 1.54) is 12.1 Å². The molecule has 2 aliphatic rings. The van der Waals surface area contributed by atoms with E-state index >= 15 is 0 Å². The number of carbonyl (C=O) groups excluding carboxylic acids is 4. The van der Waals surface area contributed by atoms with Crippen LogP contribution in [0.2, 0.25) is 0 Å². The molecule has 2 aliphatic heterocycles. The number of hydrogen-bond acceptors (Lipinski definition) is 9. The number of alkyl halides is 3. The quantitative estimate of drug-likeness (QED) is 0.0803. The van der Waals surface area contributed by atoms with E-state index in [1.54, 1.807) is 6.92 Å². The molecule has 2 heterocycles. The van der Waals surface area contributed by atoms with Crippen molar-refractivity contribution in [3.8, 4) is 0 Å². The van der Waals surface area contributed by atoms with Crippen molar-refractivity contribution >= 4 is 34.8 Å². The number of halogens is 3. The summed E-state index contributed by atoms with van der Waals surface area (Å²) in [5, 5.41) is 10.2. The smallest absolute Gasteiger partial charge is 0.416 e. The Morgan fingerprint density at radius 2 is 1.55 bits per heavy atom. The maximum Gasteiger partial charge on any atom is 0.416 e. The zero-order valence-electron chi connectivity index (χ0n) is 33.3. The second kappa shape index (κ2) is 20.5. The van der Waals surface area contributed by atoms with Gasteiger partial charge in [-0.3, -0.25) is 4.79 Å². The summed E-state index contributed by atoms with van der Waals surface area (Å²) in [4.78, 5) is 52.0. The molecule has 1 spiro atoms. The molecule has 0 aromatic heterocycles. The van der Waals surface area contributed by atoms with Gasteiger partial charge in [0.15, 0.2) is 5.79 Å². The molecular formula is C45H50F3N3O9. The average Bonchev–Trinajstić information content (AvgIpc) is 3.23. The van der Waals surface area contributed by atoms with E-state index in [2.05, 4.69) is 16.0 Å². The van der Waals surface area contributed by atoms with Crippen molar-refractivity contribution in [2.75, 3.05) is 13.2 Å². The molecule has 0 radical (unpaired) electrons. The van der Waals surface area contributed by atoms with Crippen molar-refractivity contribution in [1.29, 1.82) is 0 Å². The fraction of sp³-hybridized carbons (Fsp3) is 0.422. The van der Waals surface area contributed by atoms with E-state index in [9.17, 15) is 32.3 Å². The third-order valence-electron chi connectivity index (χ3n) is 10.5. The predicted octanol–water partition coefficient (Wildman–Crippen LogP) is 7.90. The fourth-order valence-corrected chi connectivity index (χ4v) is 7.67. The lowest BCUT2D eigenvalue weighted by Gasteiger charge is -2.47. The van der Waals surface area contributed by atoms with Crippen molar-refractivity contribution in [2.24, 2.45) is 0 Å². The first-order valence-electron chi connectivity index (χ1n) is 20.2. The molecule has 15 heteroatoms. The van der Waals surface area contributed by atoms with Gasteiger partial charge in [0.2, 0.25) is 5.91 Å². The zero-order valence-corrected chi connectivity index (χ0v) is 33.3. The Labute approximate surface area is 346 Å². The standard InChI is InChI=1S/C45H50F3N3O9/c1-2-56-41(53)39(24-30-11-4-3-5-12-30)51-40(52)21-20-35-25-37(58-43(55)50-28-33-16-9-15-32-14-6-7-19-38(32)33)26-44(59-35)22-10-18-36(60-44)29-57-42(54)49-27-31-13-8-17-34(23-31)45(46,47)48/h3-9,11-17,19,23,35-37,39H,2,10,18,20-22,24-29H2,1H3,(H,49,54)(H,50,55)(H,51,52)/t35-,36-,37-,39+,44+/m1/s1. The number of esters is 1. The number of rotatable bonds is 15. The first-order chi connectivity index (χ1) is 28.9. The molecule has 320 valence electrons. The summed E-state index contributed by atoms with van der Waals surface area (Å²) in [5.74, 6) is -2.16. The highest BCUT2D eigenvalue weighted by molar-refractivity contribution is 5.86. The van der Waals surface area contributed by atoms with Gasteiger partial charge in [0, 0.05) is 45.2 Å². The van der Waals surface area contributed by atoms with Crippen LogP contribution in [0.25, 0.3) is 10.8 Å². The van der Waals surface area contributed by atoms with Crippen LogP contribution in [0.1, 0.15) is 74.1 Å². The average molecular weight is 834 g/mol. The molecule has 6 rings (SSSR count). The van der Waals surface area contributed by atoms with Gasteiger partial charge in [-0.05, 0) is 65.8 Å². The van der Waals surface area contributed by atoms with Crippen LogP contribution in [-0.4, -0.2) is 67.4 Å². The molecule has 4 aromatic rings. The molecule has 0 aliphatic carbocycles. The molecule has 5 atom stereocenters. The van der Waals surface area contributed by atoms with Crippen molar-refractivity contribution in [2.45, 2.75) is 108 Å². The number of alkyl carbamates (subject to hydrolysis) is 2. The highest BCUT2D eigenvalue weighted by Crippen LogP contribution is 2.41. The summed E-state index contributed by atoms with van der Waals surface area (Å²) in [6.07, 6.45) is -5.36. The van der Waals surface area contributed by atoms with E-state index in [0.717, 1.165) is 34.0 Å². The summed E-state index contributed by atoms with van der Waals surface area (Å²) in [6, 6.07) is 26.7. The molecule has 0 bridgehead atoms. The molecule has 60 heavy (non-hydrogen) atoms. The minimum atomic E-state index is -4.52. The first kappa shape index (κ1) is 43.9. The number of benzene rings is 4. The molecule has 12 nitrogen and oxygen atoms in total. The third kappa shape index (κ3) is 12.7. The van der Waals surface area contributed by atoms with Crippen molar-refractivity contribution in [1.82, 2.24) is 16.0 Å². The van der Waals surface area contributed by atoms with Crippen LogP contribution in [0, 0.1) is 0 Å². The molecule has 2 fully saturated rings. The van der Waals surface area contributed by atoms with Crippen LogP contribution in [-0.2, 0) is 59.0 Å². The SMILES string of the molecule is CCOC(=O)[C@H](Cc1ccccc1)NC(=O)CC[C@@H]1C[C@@H](OC(=O)NCc2cccc3ccccc23)C[C@@]2(CCC[C@H](COC(=O)NCc3cccc(C(F)(F)F)c3)O2)O1. The maximum atomic E-state index is 13.3. The Morgan fingerprint density at radius 3 is 2.35 bits per heavy atom. The van der Waals surface area contributed by atoms with Gasteiger partial charge < -0.3 is 39.6 Å².